The predicted molar refractivity (Wildman–Crippen MR) is 105 cm³/mol. The van der Waals surface area contributed by atoms with E-state index in [-0.39, 0.29) is 17.5 Å². The van der Waals surface area contributed by atoms with Crippen LogP contribution in [-0.4, -0.2) is 27.8 Å². The number of ether oxygens (including phenoxy) is 1. The molecule has 0 spiro atoms. The van der Waals surface area contributed by atoms with Crippen molar-refractivity contribution in [3.05, 3.63) is 68.3 Å². The number of carbonyl (C=O) groups is 1. The molecule has 0 saturated heterocycles. The summed E-state index contributed by atoms with van der Waals surface area (Å²) in [5.74, 6) is -0.163. The number of hydrogen-bond donors (Lipinski definition) is 2. The third-order valence-corrected chi connectivity index (χ3v) is 4.65. The van der Waals surface area contributed by atoms with Gasteiger partial charge in [-0.15, -0.1) is 21.5 Å². The Morgan fingerprint density at radius 1 is 1.26 bits per heavy atom. The number of aromatic amines is 1. The van der Waals surface area contributed by atoms with Gasteiger partial charge in [0.25, 0.3) is 5.56 Å². The van der Waals surface area contributed by atoms with Gasteiger partial charge in [0.15, 0.2) is 0 Å². The van der Waals surface area contributed by atoms with Crippen molar-refractivity contribution in [2.24, 2.45) is 0 Å². The highest BCUT2D eigenvalue weighted by atomic mass is 32.1. The highest BCUT2D eigenvalue weighted by Gasteiger charge is 2.10. The number of anilines is 2. The summed E-state index contributed by atoms with van der Waals surface area (Å²) in [6.07, 6.45) is 2.24. The topological polar surface area (TPSA) is 97.0 Å². The quantitative estimate of drug-likeness (QED) is 0.456. The summed E-state index contributed by atoms with van der Waals surface area (Å²) in [6, 6.07) is 10.7. The lowest BCUT2D eigenvalue weighted by atomic mass is 10.2. The van der Waals surface area contributed by atoms with Crippen LogP contribution >= 0.6 is 11.3 Å². The maximum absolute atomic E-state index is 12.2. The number of benzene rings is 1. The van der Waals surface area contributed by atoms with E-state index in [0.717, 1.165) is 17.7 Å². The van der Waals surface area contributed by atoms with Crippen LogP contribution in [0.5, 0.6) is 0 Å². The normalized spacial score (nSPS) is 10.6. The van der Waals surface area contributed by atoms with Crippen molar-refractivity contribution in [3.63, 3.8) is 0 Å². The fraction of sp³-hybridized carbons (Fsp3) is 0.263. The van der Waals surface area contributed by atoms with Gasteiger partial charge >= 0.3 is 5.97 Å². The molecule has 0 radical (unpaired) electrons. The highest BCUT2D eigenvalue weighted by Crippen LogP contribution is 2.15. The van der Waals surface area contributed by atoms with E-state index in [2.05, 4.69) is 20.5 Å². The number of nitrogens with one attached hydrogen (secondary N) is 2. The third-order valence-electron chi connectivity index (χ3n) is 3.78. The molecule has 0 fully saturated rings. The molecule has 2 heterocycles. The van der Waals surface area contributed by atoms with Gasteiger partial charge in [0.05, 0.1) is 12.2 Å². The molecule has 1 aromatic carbocycles. The van der Waals surface area contributed by atoms with Crippen LogP contribution in [0.25, 0.3) is 0 Å². The molecule has 27 heavy (non-hydrogen) atoms. The molecule has 7 nitrogen and oxygen atoms in total. The van der Waals surface area contributed by atoms with Crippen molar-refractivity contribution in [2.75, 3.05) is 11.9 Å². The van der Waals surface area contributed by atoms with E-state index in [0.29, 0.717) is 30.0 Å². The van der Waals surface area contributed by atoms with Gasteiger partial charge in [0.2, 0.25) is 5.95 Å². The molecule has 0 aliphatic carbocycles. The molecule has 2 aromatic heterocycles. The maximum atomic E-state index is 12.2. The summed E-state index contributed by atoms with van der Waals surface area (Å²) in [5.41, 5.74) is 1.10. The molecule has 2 N–H and O–H groups in total. The van der Waals surface area contributed by atoms with Crippen LogP contribution in [0.2, 0.25) is 0 Å². The maximum Gasteiger partial charge on any atom is 0.338 e. The highest BCUT2D eigenvalue weighted by molar-refractivity contribution is 7.09. The van der Waals surface area contributed by atoms with Crippen LogP contribution in [0.3, 0.4) is 0 Å². The first-order chi connectivity index (χ1) is 13.2. The van der Waals surface area contributed by atoms with E-state index < -0.39 is 0 Å². The Labute approximate surface area is 160 Å². The standard InChI is InChI=1S/C19H20N4O3S/c1-2-3-9-26-18(25)13-6-4-7-14(11-13)20-19-21-17(24)16(22-23-19)12-15-8-5-10-27-15/h4-8,10-11H,2-3,9,12H2,1H3,(H2,20,21,23,24). The molecule has 140 valence electrons. The van der Waals surface area contributed by atoms with Gasteiger partial charge in [-0.05, 0) is 36.1 Å². The number of esters is 1. The van der Waals surface area contributed by atoms with E-state index in [1.165, 1.54) is 0 Å². The zero-order chi connectivity index (χ0) is 19.1. The van der Waals surface area contributed by atoms with Crippen molar-refractivity contribution >= 4 is 28.9 Å². The average Bonchev–Trinajstić information content (AvgIpc) is 3.17. The van der Waals surface area contributed by atoms with E-state index >= 15 is 0 Å². The lowest BCUT2D eigenvalue weighted by Crippen LogP contribution is -2.18. The molecule has 0 atom stereocenters. The number of thiophene rings is 1. The first-order valence-corrected chi connectivity index (χ1v) is 9.56. The Morgan fingerprint density at radius 2 is 2.15 bits per heavy atom. The summed E-state index contributed by atoms with van der Waals surface area (Å²) < 4.78 is 5.21. The van der Waals surface area contributed by atoms with Crippen LogP contribution in [-0.2, 0) is 11.2 Å². The fourth-order valence-corrected chi connectivity index (χ4v) is 3.07. The van der Waals surface area contributed by atoms with Gasteiger partial charge in [0.1, 0.15) is 5.69 Å². The van der Waals surface area contributed by atoms with E-state index in [9.17, 15) is 9.59 Å². The minimum atomic E-state index is -0.377. The molecule has 0 amide bonds. The molecule has 3 rings (SSSR count). The summed E-state index contributed by atoms with van der Waals surface area (Å²) in [4.78, 5) is 28.0. The SMILES string of the molecule is CCCCOC(=O)c1cccc(Nc2nnc(Cc3cccs3)c(=O)[nH]2)c1. The molecule has 0 bridgehead atoms. The van der Waals surface area contributed by atoms with Crippen molar-refractivity contribution < 1.29 is 9.53 Å². The van der Waals surface area contributed by atoms with Crippen LogP contribution in [0.15, 0.2) is 46.6 Å². The monoisotopic (exact) mass is 384 g/mol. The number of rotatable bonds is 8. The second-order valence-corrected chi connectivity index (χ2v) is 6.93. The Balaban J connectivity index is 1.68. The van der Waals surface area contributed by atoms with Gasteiger partial charge < -0.3 is 10.1 Å². The lowest BCUT2D eigenvalue weighted by molar-refractivity contribution is 0.0500. The summed E-state index contributed by atoms with van der Waals surface area (Å²) >= 11 is 1.56. The Hall–Kier alpha value is -3.00. The molecular formula is C19H20N4O3S. The second-order valence-electron chi connectivity index (χ2n) is 5.90. The van der Waals surface area contributed by atoms with E-state index in [1.807, 2.05) is 24.4 Å². The third kappa shape index (κ3) is 5.24. The van der Waals surface area contributed by atoms with Crippen molar-refractivity contribution in [3.8, 4) is 0 Å². The van der Waals surface area contributed by atoms with Crippen LogP contribution < -0.4 is 10.9 Å². The Kier molecular flexibility index (Phi) is 6.32. The summed E-state index contributed by atoms with van der Waals surface area (Å²) in [7, 11) is 0. The van der Waals surface area contributed by atoms with Crippen molar-refractivity contribution in [1.82, 2.24) is 15.2 Å². The average molecular weight is 384 g/mol. The zero-order valence-electron chi connectivity index (χ0n) is 14.9. The number of nitrogens with zero attached hydrogens (tertiary/aromatic N) is 2. The lowest BCUT2D eigenvalue weighted by Gasteiger charge is -2.08. The largest absolute Gasteiger partial charge is 0.462 e. The molecule has 0 unspecified atom stereocenters. The Morgan fingerprint density at radius 3 is 2.89 bits per heavy atom. The van der Waals surface area contributed by atoms with Crippen molar-refractivity contribution in [1.29, 1.82) is 0 Å². The minimum Gasteiger partial charge on any atom is -0.462 e. The minimum absolute atomic E-state index is 0.214. The van der Waals surface area contributed by atoms with E-state index in [4.69, 9.17) is 4.74 Å². The smallest absolute Gasteiger partial charge is 0.338 e. The number of aromatic nitrogens is 3. The van der Waals surface area contributed by atoms with Crippen LogP contribution in [0, 0.1) is 0 Å². The first kappa shape index (κ1) is 18.8. The van der Waals surface area contributed by atoms with Gasteiger partial charge in [-0.3, -0.25) is 9.78 Å². The van der Waals surface area contributed by atoms with Gasteiger partial charge in [-0.1, -0.05) is 25.5 Å². The molecule has 0 aliphatic heterocycles. The van der Waals surface area contributed by atoms with Gasteiger partial charge in [0, 0.05) is 17.0 Å². The van der Waals surface area contributed by atoms with Crippen molar-refractivity contribution in [2.45, 2.75) is 26.2 Å². The number of H-pyrrole nitrogens is 1. The molecule has 0 aliphatic rings. The molecule has 8 heteroatoms. The van der Waals surface area contributed by atoms with Gasteiger partial charge in [-0.2, -0.15) is 0 Å². The zero-order valence-corrected chi connectivity index (χ0v) is 15.7. The summed E-state index contributed by atoms with van der Waals surface area (Å²) in [5, 5.41) is 12.9. The fourth-order valence-electron chi connectivity index (χ4n) is 2.36. The molecule has 0 saturated carbocycles. The predicted octanol–water partition coefficient (Wildman–Crippen LogP) is 3.52. The molecule has 3 aromatic rings. The van der Waals surface area contributed by atoms with E-state index in [1.54, 1.807) is 35.6 Å². The first-order valence-electron chi connectivity index (χ1n) is 8.68. The second kappa shape index (κ2) is 9.09. The molecular weight excluding hydrogens is 364 g/mol. The number of unbranched alkanes of at least 4 members (excludes halogenated alkanes) is 1. The van der Waals surface area contributed by atoms with Crippen LogP contribution in [0.1, 0.15) is 40.7 Å². The van der Waals surface area contributed by atoms with Gasteiger partial charge in [-0.25, -0.2) is 4.79 Å². The number of hydrogen-bond acceptors (Lipinski definition) is 7. The number of carbonyl (C=O) groups excluding carboxylic acids is 1. The summed E-state index contributed by atoms with van der Waals surface area (Å²) in [6.45, 7) is 2.43. The Bertz CT molecular complexity index is 954. The van der Waals surface area contributed by atoms with Crippen LogP contribution in [0.4, 0.5) is 11.6 Å².